The average molecular weight is 451 g/mol. The van der Waals surface area contributed by atoms with E-state index in [0.717, 1.165) is 23.6 Å². The highest BCUT2D eigenvalue weighted by Gasteiger charge is 2.34. The molecule has 8 nitrogen and oxygen atoms in total. The number of ether oxygens (including phenoxy) is 1. The Bertz CT molecular complexity index is 1410. The highest BCUT2D eigenvalue weighted by molar-refractivity contribution is 5.91. The molecule has 1 saturated carbocycles. The Hall–Kier alpha value is -4.08. The number of nitrogens with one attached hydrogen (secondary N) is 1. The number of hydrogen-bond acceptors (Lipinski definition) is 5. The fourth-order valence-electron chi connectivity index (χ4n) is 4.04. The van der Waals surface area contributed by atoms with E-state index < -0.39 is 29.3 Å². The van der Waals surface area contributed by atoms with Gasteiger partial charge in [0.2, 0.25) is 0 Å². The van der Waals surface area contributed by atoms with Gasteiger partial charge >= 0.3 is 6.09 Å². The van der Waals surface area contributed by atoms with Crippen LogP contribution < -0.4 is 15.6 Å². The van der Waals surface area contributed by atoms with Crippen LogP contribution in [0.5, 0.6) is 5.75 Å². The summed E-state index contributed by atoms with van der Waals surface area (Å²) in [4.78, 5) is 26.0. The van der Waals surface area contributed by atoms with E-state index in [1.807, 2.05) is 0 Å². The highest BCUT2D eigenvalue weighted by Crippen LogP contribution is 2.41. The standard InChI is InChI=1S/C23H19F2N5O3/c1-13-21(33-23(32)28-20(14-8-9-14)15-4-2-5-16(24)10-15)17-6-3-7-18(25)19(17)22(31)30(13)29-11-26-27-12-29/h2-7,10-12,14,20H,8-9H2,1H3,(H,28,32)/t20-/m0/s1. The summed E-state index contributed by atoms with van der Waals surface area (Å²) in [5.74, 6) is -0.962. The Morgan fingerprint density at radius 3 is 2.58 bits per heavy atom. The van der Waals surface area contributed by atoms with Crippen molar-refractivity contribution in [3.8, 4) is 5.75 Å². The van der Waals surface area contributed by atoms with Gasteiger partial charge in [-0.05, 0) is 49.4 Å². The van der Waals surface area contributed by atoms with Crippen molar-refractivity contribution in [3.05, 3.63) is 88.4 Å². The maximum absolute atomic E-state index is 14.7. The van der Waals surface area contributed by atoms with Gasteiger partial charge in [-0.15, -0.1) is 10.2 Å². The Morgan fingerprint density at radius 1 is 1.15 bits per heavy atom. The minimum atomic E-state index is -0.793. The first-order chi connectivity index (χ1) is 15.9. The van der Waals surface area contributed by atoms with Crippen LogP contribution in [0.15, 0.2) is 59.9 Å². The fraction of sp³-hybridized carbons (Fsp3) is 0.217. The zero-order valence-electron chi connectivity index (χ0n) is 17.5. The van der Waals surface area contributed by atoms with Crippen molar-refractivity contribution in [2.75, 3.05) is 0 Å². The van der Waals surface area contributed by atoms with Gasteiger partial charge < -0.3 is 10.1 Å². The predicted molar refractivity (Wildman–Crippen MR) is 115 cm³/mol. The van der Waals surface area contributed by atoms with Gasteiger partial charge in [0.25, 0.3) is 5.56 Å². The molecule has 5 rings (SSSR count). The zero-order chi connectivity index (χ0) is 23.1. The molecule has 4 aromatic rings. The Kier molecular flexibility index (Phi) is 5.12. The molecule has 2 aromatic heterocycles. The molecule has 0 bridgehead atoms. The number of carbonyl (C=O) groups excluding carboxylic acids is 1. The molecule has 2 heterocycles. The number of rotatable bonds is 5. The number of aromatic nitrogens is 4. The largest absolute Gasteiger partial charge is 0.413 e. The molecule has 1 atom stereocenters. The molecule has 0 aliphatic heterocycles. The van der Waals surface area contributed by atoms with Crippen LogP contribution in [0.25, 0.3) is 10.8 Å². The lowest BCUT2D eigenvalue weighted by Gasteiger charge is -2.21. The van der Waals surface area contributed by atoms with Crippen molar-refractivity contribution in [3.63, 3.8) is 0 Å². The number of amides is 1. The molecule has 33 heavy (non-hydrogen) atoms. The van der Waals surface area contributed by atoms with Crippen LogP contribution in [0.4, 0.5) is 13.6 Å². The minimum absolute atomic E-state index is 0.0177. The smallest absolute Gasteiger partial charge is 0.408 e. The number of nitrogens with zero attached hydrogens (tertiary/aromatic N) is 4. The van der Waals surface area contributed by atoms with Gasteiger partial charge in [0, 0.05) is 5.39 Å². The second-order valence-electron chi connectivity index (χ2n) is 7.94. The number of benzene rings is 2. The number of pyridine rings is 1. The van der Waals surface area contributed by atoms with E-state index in [1.54, 1.807) is 19.1 Å². The first-order valence-electron chi connectivity index (χ1n) is 10.4. The van der Waals surface area contributed by atoms with E-state index in [0.29, 0.717) is 5.56 Å². The number of hydrogen-bond donors (Lipinski definition) is 1. The van der Waals surface area contributed by atoms with Gasteiger partial charge in [-0.1, -0.05) is 24.3 Å². The van der Waals surface area contributed by atoms with Crippen molar-refractivity contribution in [2.45, 2.75) is 25.8 Å². The van der Waals surface area contributed by atoms with E-state index in [-0.39, 0.29) is 28.1 Å². The van der Waals surface area contributed by atoms with Crippen LogP contribution in [0, 0.1) is 24.5 Å². The van der Waals surface area contributed by atoms with Crippen LogP contribution in [-0.2, 0) is 0 Å². The summed E-state index contributed by atoms with van der Waals surface area (Å²) in [7, 11) is 0. The average Bonchev–Trinajstić information content (AvgIpc) is 3.49. The van der Waals surface area contributed by atoms with E-state index >= 15 is 0 Å². The highest BCUT2D eigenvalue weighted by atomic mass is 19.1. The molecule has 1 N–H and O–H groups in total. The molecule has 1 fully saturated rings. The van der Waals surface area contributed by atoms with Crippen molar-refractivity contribution in [1.82, 2.24) is 24.9 Å². The second kappa shape index (κ2) is 8.12. The normalized spacial score (nSPS) is 14.3. The summed E-state index contributed by atoms with van der Waals surface area (Å²) in [6.07, 6.45) is 3.55. The van der Waals surface area contributed by atoms with Crippen LogP contribution in [0.2, 0.25) is 0 Å². The predicted octanol–water partition coefficient (Wildman–Crippen LogP) is 3.73. The van der Waals surface area contributed by atoms with Crippen molar-refractivity contribution < 1.29 is 18.3 Å². The Balaban J connectivity index is 1.55. The summed E-state index contributed by atoms with van der Waals surface area (Å²) in [5, 5.41) is 10.1. The molecule has 0 saturated heterocycles. The molecule has 168 valence electrons. The summed E-state index contributed by atoms with van der Waals surface area (Å²) in [6, 6.07) is 9.72. The van der Waals surface area contributed by atoms with Gasteiger partial charge in [0.05, 0.1) is 17.1 Å². The third-order valence-corrected chi connectivity index (χ3v) is 5.72. The third-order valence-electron chi connectivity index (χ3n) is 5.72. The number of carbonyl (C=O) groups is 1. The van der Waals surface area contributed by atoms with Crippen LogP contribution in [0.1, 0.15) is 30.1 Å². The van der Waals surface area contributed by atoms with E-state index in [1.165, 1.54) is 41.6 Å². The first kappa shape index (κ1) is 20.8. The molecule has 0 radical (unpaired) electrons. The molecule has 2 aromatic carbocycles. The van der Waals surface area contributed by atoms with Gasteiger partial charge in [0.15, 0.2) is 5.75 Å². The maximum atomic E-state index is 14.7. The maximum Gasteiger partial charge on any atom is 0.413 e. The summed E-state index contributed by atoms with van der Waals surface area (Å²) >= 11 is 0. The zero-order valence-corrected chi connectivity index (χ0v) is 17.5. The number of halogens is 2. The molecule has 0 spiro atoms. The fourth-order valence-corrected chi connectivity index (χ4v) is 4.04. The van der Waals surface area contributed by atoms with E-state index in [2.05, 4.69) is 15.5 Å². The SMILES string of the molecule is Cc1c(OC(=O)N[C@H](c2cccc(F)c2)C2CC2)c2cccc(F)c2c(=O)n1-n1cnnc1. The van der Waals surface area contributed by atoms with Crippen molar-refractivity contribution in [2.24, 2.45) is 5.92 Å². The lowest BCUT2D eigenvalue weighted by Crippen LogP contribution is -2.34. The van der Waals surface area contributed by atoms with E-state index in [9.17, 15) is 18.4 Å². The summed E-state index contributed by atoms with van der Waals surface area (Å²) in [5.41, 5.74) is 0.238. The third kappa shape index (κ3) is 3.84. The molecule has 1 aliphatic carbocycles. The van der Waals surface area contributed by atoms with Gasteiger partial charge in [-0.2, -0.15) is 0 Å². The van der Waals surface area contributed by atoms with E-state index in [4.69, 9.17) is 4.74 Å². The minimum Gasteiger partial charge on any atom is -0.408 e. The van der Waals surface area contributed by atoms with Gasteiger partial charge in [-0.3, -0.25) is 4.79 Å². The molecular weight excluding hydrogens is 432 g/mol. The first-order valence-corrected chi connectivity index (χ1v) is 10.4. The lowest BCUT2D eigenvalue weighted by atomic mass is 10.0. The molecule has 1 aliphatic rings. The second-order valence-corrected chi connectivity index (χ2v) is 7.94. The van der Waals surface area contributed by atoms with Gasteiger partial charge in [0.1, 0.15) is 24.3 Å². The lowest BCUT2D eigenvalue weighted by molar-refractivity contribution is 0.194. The van der Waals surface area contributed by atoms with Crippen molar-refractivity contribution >= 4 is 16.9 Å². The number of fused-ring (bicyclic) bond motifs is 1. The Morgan fingerprint density at radius 2 is 1.88 bits per heavy atom. The molecular formula is C23H19F2N5O3. The van der Waals surface area contributed by atoms with Crippen LogP contribution >= 0.6 is 0 Å². The molecule has 1 amide bonds. The van der Waals surface area contributed by atoms with Crippen molar-refractivity contribution in [1.29, 1.82) is 0 Å². The molecule has 0 unspecified atom stereocenters. The quantitative estimate of drug-likeness (QED) is 0.499. The molecule has 10 heteroatoms. The Labute approximate surface area is 186 Å². The monoisotopic (exact) mass is 451 g/mol. The van der Waals surface area contributed by atoms with Crippen LogP contribution in [0.3, 0.4) is 0 Å². The van der Waals surface area contributed by atoms with Crippen LogP contribution in [-0.4, -0.2) is 25.6 Å². The summed E-state index contributed by atoms with van der Waals surface area (Å²) < 4.78 is 36.4. The summed E-state index contributed by atoms with van der Waals surface area (Å²) in [6.45, 7) is 1.57. The van der Waals surface area contributed by atoms with Gasteiger partial charge in [-0.25, -0.2) is 22.9 Å². The topological polar surface area (TPSA) is 91.0 Å².